The van der Waals surface area contributed by atoms with E-state index >= 15 is 0 Å². The summed E-state index contributed by atoms with van der Waals surface area (Å²) in [6.07, 6.45) is 5.98. The molecule has 1 aromatic rings. The zero-order valence-corrected chi connectivity index (χ0v) is 9.36. The molecule has 1 aromatic heterocycles. The minimum Gasteiger partial charge on any atom is -0.375 e. The van der Waals surface area contributed by atoms with E-state index in [-0.39, 0.29) is 0 Å². The van der Waals surface area contributed by atoms with Crippen molar-refractivity contribution >= 4 is 16.5 Å². The first-order chi connectivity index (χ1) is 6.68. The Morgan fingerprint density at radius 3 is 2.93 bits per heavy atom. The molecular formula is C10H17N3S. The van der Waals surface area contributed by atoms with Crippen molar-refractivity contribution in [3.05, 3.63) is 11.1 Å². The fourth-order valence-corrected chi connectivity index (χ4v) is 2.50. The summed E-state index contributed by atoms with van der Waals surface area (Å²) in [7, 11) is 0. The second kappa shape index (κ2) is 3.87. The van der Waals surface area contributed by atoms with Gasteiger partial charge >= 0.3 is 0 Å². The fraction of sp³-hybridized carbons (Fsp3) is 0.700. The average molecular weight is 211 g/mol. The van der Waals surface area contributed by atoms with Crippen molar-refractivity contribution < 1.29 is 0 Å². The Morgan fingerprint density at radius 1 is 1.64 bits per heavy atom. The number of nitrogens with one attached hydrogen (secondary N) is 1. The summed E-state index contributed by atoms with van der Waals surface area (Å²) in [5.41, 5.74) is 6.10. The van der Waals surface area contributed by atoms with Crippen LogP contribution >= 0.6 is 11.3 Å². The molecule has 2 rings (SSSR count). The lowest BCUT2D eigenvalue weighted by molar-refractivity contribution is 0.156. The van der Waals surface area contributed by atoms with Gasteiger partial charge in [-0.25, -0.2) is 4.98 Å². The van der Waals surface area contributed by atoms with Crippen molar-refractivity contribution in [1.82, 2.24) is 10.3 Å². The van der Waals surface area contributed by atoms with Crippen LogP contribution in [-0.2, 0) is 6.54 Å². The normalized spacial score (nSPS) is 19.2. The van der Waals surface area contributed by atoms with E-state index in [2.05, 4.69) is 17.2 Å². The van der Waals surface area contributed by atoms with Gasteiger partial charge in [0.05, 0.1) is 0 Å². The van der Waals surface area contributed by atoms with Gasteiger partial charge in [-0.15, -0.1) is 11.3 Å². The Balaban J connectivity index is 1.72. The van der Waals surface area contributed by atoms with E-state index in [0.717, 1.165) is 13.1 Å². The van der Waals surface area contributed by atoms with Gasteiger partial charge in [-0.1, -0.05) is 13.3 Å². The number of hydrogen-bond acceptors (Lipinski definition) is 4. The quantitative estimate of drug-likeness (QED) is 0.801. The third kappa shape index (κ3) is 2.25. The molecule has 0 bridgehead atoms. The van der Waals surface area contributed by atoms with Crippen LogP contribution in [0.3, 0.4) is 0 Å². The number of rotatable bonds is 4. The molecular weight excluding hydrogens is 194 g/mol. The maximum absolute atomic E-state index is 5.55. The van der Waals surface area contributed by atoms with E-state index in [1.54, 1.807) is 11.3 Å². The van der Waals surface area contributed by atoms with Crippen LogP contribution < -0.4 is 11.1 Å². The maximum atomic E-state index is 5.55. The minimum absolute atomic E-state index is 0.552. The highest BCUT2D eigenvalue weighted by Gasteiger charge is 2.30. The number of anilines is 1. The smallest absolute Gasteiger partial charge is 0.180 e. The van der Waals surface area contributed by atoms with Gasteiger partial charge in [-0.3, -0.25) is 0 Å². The molecule has 3 N–H and O–H groups in total. The number of thiazole rings is 1. The first-order valence-corrected chi connectivity index (χ1v) is 5.91. The Morgan fingerprint density at radius 2 is 2.43 bits per heavy atom. The maximum Gasteiger partial charge on any atom is 0.180 e. The third-order valence-corrected chi connectivity index (χ3v) is 3.81. The van der Waals surface area contributed by atoms with Crippen molar-refractivity contribution in [3.8, 4) is 0 Å². The highest BCUT2D eigenvalue weighted by molar-refractivity contribution is 7.15. The van der Waals surface area contributed by atoms with Crippen LogP contribution in [0.1, 0.15) is 31.1 Å². The van der Waals surface area contributed by atoms with E-state index < -0.39 is 0 Å². The van der Waals surface area contributed by atoms with E-state index in [9.17, 15) is 0 Å². The first kappa shape index (κ1) is 9.93. The van der Waals surface area contributed by atoms with Gasteiger partial charge < -0.3 is 11.1 Å². The van der Waals surface area contributed by atoms with Gasteiger partial charge in [-0.05, 0) is 18.3 Å². The first-order valence-electron chi connectivity index (χ1n) is 5.09. The second-order valence-electron chi connectivity index (χ2n) is 4.43. The number of aromatic nitrogens is 1. The fourth-order valence-electron chi connectivity index (χ4n) is 1.85. The van der Waals surface area contributed by atoms with Crippen LogP contribution in [-0.4, -0.2) is 11.5 Å². The van der Waals surface area contributed by atoms with Crippen molar-refractivity contribution in [1.29, 1.82) is 0 Å². The molecule has 78 valence electrons. The summed E-state index contributed by atoms with van der Waals surface area (Å²) in [5, 5.41) is 4.14. The Kier molecular flexibility index (Phi) is 2.74. The minimum atomic E-state index is 0.552. The van der Waals surface area contributed by atoms with Crippen LogP contribution in [0.2, 0.25) is 0 Å². The monoisotopic (exact) mass is 211 g/mol. The topological polar surface area (TPSA) is 50.9 Å². The summed E-state index contributed by atoms with van der Waals surface area (Å²) in [4.78, 5) is 5.25. The molecule has 0 saturated heterocycles. The lowest BCUT2D eigenvalue weighted by atomic mass is 9.70. The van der Waals surface area contributed by atoms with Crippen molar-refractivity contribution in [3.63, 3.8) is 0 Å². The zero-order chi connectivity index (χ0) is 10.0. The number of nitrogens with two attached hydrogens (primary N) is 1. The standard InChI is InChI=1S/C10H17N3S/c1-10(3-2-4-10)7-12-5-8-6-13-9(11)14-8/h6,12H,2-5,7H2,1H3,(H2,11,13). The molecule has 4 heteroatoms. The molecule has 0 amide bonds. The van der Waals surface area contributed by atoms with Crippen LogP contribution in [0.25, 0.3) is 0 Å². The highest BCUT2D eigenvalue weighted by atomic mass is 32.1. The van der Waals surface area contributed by atoms with Crippen LogP contribution in [0, 0.1) is 5.41 Å². The average Bonchev–Trinajstić information content (AvgIpc) is 2.49. The van der Waals surface area contributed by atoms with Crippen LogP contribution in [0.15, 0.2) is 6.20 Å². The molecule has 1 saturated carbocycles. The molecule has 0 aliphatic heterocycles. The molecule has 3 nitrogen and oxygen atoms in total. The predicted molar refractivity (Wildman–Crippen MR) is 60.2 cm³/mol. The van der Waals surface area contributed by atoms with E-state index in [0.29, 0.717) is 10.5 Å². The van der Waals surface area contributed by atoms with Gasteiger partial charge in [0, 0.05) is 24.2 Å². The summed E-state index contributed by atoms with van der Waals surface area (Å²) in [5.74, 6) is 0. The van der Waals surface area contributed by atoms with Crippen LogP contribution in [0.5, 0.6) is 0 Å². The van der Waals surface area contributed by atoms with Crippen molar-refractivity contribution in [2.75, 3.05) is 12.3 Å². The molecule has 1 aliphatic rings. The molecule has 0 radical (unpaired) electrons. The van der Waals surface area contributed by atoms with E-state index in [1.165, 1.54) is 24.1 Å². The molecule has 0 spiro atoms. The highest BCUT2D eigenvalue weighted by Crippen LogP contribution is 2.39. The van der Waals surface area contributed by atoms with E-state index in [4.69, 9.17) is 5.73 Å². The Bertz CT molecular complexity index is 304. The SMILES string of the molecule is CC1(CNCc2cnc(N)s2)CCC1. The van der Waals surface area contributed by atoms with E-state index in [1.807, 2.05) is 6.20 Å². The lowest BCUT2D eigenvalue weighted by Crippen LogP contribution is -2.36. The summed E-state index contributed by atoms with van der Waals surface area (Å²) >= 11 is 1.57. The molecule has 14 heavy (non-hydrogen) atoms. The summed E-state index contributed by atoms with van der Waals surface area (Å²) < 4.78 is 0. The second-order valence-corrected chi connectivity index (χ2v) is 5.58. The molecule has 0 unspecified atom stereocenters. The van der Waals surface area contributed by atoms with Gasteiger partial charge in [-0.2, -0.15) is 0 Å². The molecule has 1 fully saturated rings. The zero-order valence-electron chi connectivity index (χ0n) is 8.55. The third-order valence-electron chi connectivity index (χ3n) is 2.98. The van der Waals surface area contributed by atoms with Gasteiger partial charge in [0.25, 0.3) is 0 Å². The van der Waals surface area contributed by atoms with Gasteiger partial charge in [0.15, 0.2) is 5.13 Å². The Labute approximate surface area is 88.7 Å². The number of hydrogen-bond donors (Lipinski definition) is 2. The predicted octanol–water partition coefficient (Wildman–Crippen LogP) is 2.01. The molecule has 0 aromatic carbocycles. The largest absolute Gasteiger partial charge is 0.375 e. The number of nitrogen functional groups attached to an aromatic ring is 1. The van der Waals surface area contributed by atoms with Crippen molar-refractivity contribution in [2.45, 2.75) is 32.7 Å². The number of nitrogens with zero attached hydrogens (tertiary/aromatic N) is 1. The summed E-state index contributed by atoms with van der Waals surface area (Å²) in [6.45, 7) is 4.37. The van der Waals surface area contributed by atoms with Crippen molar-refractivity contribution in [2.24, 2.45) is 5.41 Å². The molecule has 1 heterocycles. The van der Waals surface area contributed by atoms with Gasteiger partial charge in [0.2, 0.25) is 0 Å². The summed E-state index contributed by atoms with van der Waals surface area (Å²) in [6, 6.07) is 0. The van der Waals surface area contributed by atoms with Gasteiger partial charge in [0.1, 0.15) is 0 Å². The lowest BCUT2D eigenvalue weighted by Gasteiger charge is -2.38. The molecule has 0 atom stereocenters. The molecule has 1 aliphatic carbocycles. The Hall–Kier alpha value is -0.610. The van der Waals surface area contributed by atoms with Crippen LogP contribution in [0.4, 0.5) is 5.13 Å².